The second-order valence-electron chi connectivity index (χ2n) is 8.48. The number of aromatic hydroxyl groups is 1. The van der Waals surface area contributed by atoms with Gasteiger partial charge in [-0.15, -0.1) is 0 Å². The Hall–Kier alpha value is -1.77. The van der Waals surface area contributed by atoms with Crippen LogP contribution in [0, 0.1) is 0 Å². The molecule has 0 fully saturated rings. The van der Waals surface area contributed by atoms with Crippen LogP contribution in [0.3, 0.4) is 0 Å². The number of unbranched alkanes of at least 4 members (excludes halogenated alkanes) is 13. The minimum atomic E-state index is 0.0948. The maximum absolute atomic E-state index is 11.9. The van der Waals surface area contributed by atoms with Gasteiger partial charge in [0.15, 0.2) is 0 Å². The third-order valence-electron chi connectivity index (χ3n) is 5.59. The molecule has 0 saturated heterocycles. The summed E-state index contributed by atoms with van der Waals surface area (Å²) in [6.07, 6.45) is 24.9. The highest BCUT2D eigenvalue weighted by atomic mass is 16.3. The standard InChI is InChI=1S/C27H45NO2/c1-2-3-4-5-6-7-8-9-10-11-12-13-14-15-16-17-18-19-27(30)28-24-25-20-22-26(29)23-21-25/h15-16,20-23,29H,2-14,17-19,24H2,1H3,(H,28,30). The predicted molar refractivity (Wildman–Crippen MR) is 129 cm³/mol. The second kappa shape index (κ2) is 19.2. The van der Waals surface area contributed by atoms with Crippen molar-refractivity contribution in [1.29, 1.82) is 0 Å². The van der Waals surface area contributed by atoms with E-state index in [0.717, 1.165) is 18.4 Å². The Bertz CT molecular complexity index is 550. The van der Waals surface area contributed by atoms with Crippen LogP contribution in [0.2, 0.25) is 0 Å². The first-order valence-corrected chi connectivity index (χ1v) is 12.4. The average Bonchev–Trinajstić information content (AvgIpc) is 2.75. The fraction of sp³-hybridized carbons (Fsp3) is 0.667. The van der Waals surface area contributed by atoms with Gasteiger partial charge in [-0.05, 0) is 43.4 Å². The molecule has 0 aliphatic heterocycles. The molecule has 3 heteroatoms. The van der Waals surface area contributed by atoms with E-state index in [-0.39, 0.29) is 11.7 Å². The Morgan fingerprint density at radius 2 is 1.27 bits per heavy atom. The van der Waals surface area contributed by atoms with Crippen LogP contribution in [0.1, 0.15) is 115 Å². The Balaban J connectivity index is 1.82. The zero-order valence-corrected chi connectivity index (χ0v) is 19.3. The monoisotopic (exact) mass is 415 g/mol. The van der Waals surface area contributed by atoms with Crippen LogP contribution in [-0.2, 0) is 11.3 Å². The third-order valence-corrected chi connectivity index (χ3v) is 5.59. The number of carbonyl (C=O) groups excluding carboxylic acids is 1. The number of hydrogen-bond acceptors (Lipinski definition) is 2. The van der Waals surface area contributed by atoms with Crippen LogP contribution in [0.15, 0.2) is 36.4 Å². The molecular weight excluding hydrogens is 370 g/mol. The fourth-order valence-electron chi connectivity index (χ4n) is 3.62. The van der Waals surface area contributed by atoms with Crippen molar-refractivity contribution in [3.63, 3.8) is 0 Å². The first-order chi connectivity index (χ1) is 14.7. The quantitative estimate of drug-likeness (QED) is 0.179. The van der Waals surface area contributed by atoms with Crippen molar-refractivity contribution in [2.24, 2.45) is 0 Å². The average molecular weight is 416 g/mol. The molecule has 0 saturated carbocycles. The smallest absolute Gasteiger partial charge is 0.220 e. The molecule has 30 heavy (non-hydrogen) atoms. The number of phenolic OH excluding ortho intramolecular Hbond substituents is 1. The molecule has 0 radical (unpaired) electrons. The number of allylic oxidation sites excluding steroid dienone is 2. The number of carbonyl (C=O) groups is 1. The lowest BCUT2D eigenvalue weighted by molar-refractivity contribution is -0.121. The number of benzene rings is 1. The van der Waals surface area contributed by atoms with Gasteiger partial charge in [-0.3, -0.25) is 4.79 Å². The van der Waals surface area contributed by atoms with Crippen LogP contribution < -0.4 is 5.32 Å². The summed E-state index contributed by atoms with van der Waals surface area (Å²) >= 11 is 0. The number of nitrogens with one attached hydrogen (secondary N) is 1. The van der Waals surface area contributed by atoms with Crippen molar-refractivity contribution in [1.82, 2.24) is 5.32 Å². The molecule has 1 aromatic carbocycles. The topological polar surface area (TPSA) is 49.3 Å². The summed E-state index contributed by atoms with van der Waals surface area (Å²) in [7, 11) is 0. The minimum Gasteiger partial charge on any atom is -0.508 e. The molecule has 0 bridgehead atoms. The van der Waals surface area contributed by atoms with Crippen LogP contribution >= 0.6 is 0 Å². The van der Waals surface area contributed by atoms with Crippen LogP contribution in [-0.4, -0.2) is 11.0 Å². The summed E-state index contributed by atoms with van der Waals surface area (Å²) in [5.74, 6) is 0.345. The van der Waals surface area contributed by atoms with Crippen molar-refractivity contribution in [3.8, 4) is 5.75 Å². The summed E-state index contributed by atoms with van der Waals surface area (Å²) in [5.41, 5.74) is 1.00. The van der Waals surface area contributed by atoms with E-state index in [9.17, 15) is 9.90 Å². The second-order valence-corrected chi connectivity index (χ2v) is 8.48. The van der Waals surface area contributed by atoms with Gasteiger partial charge >= 0.3 is 0 Å². The Labute approximate surface area is 185 Å². The van der Waals surface area contributed by atoms with Crippen molar-refractivity contribution in [3.05, 3.63) is 42.0 Å². The third kappa shape index (κ3) is 16.1. The Morgan fingerprint density at radius 3 is 1.83 bits per heavy atom. The van der Waals surface area contributed by atoms with Gasteiger partial charge in [-0.25, -0.2) is 0 Å². The lowest BCUT2D eigenvalue weighted by atomic mass is 10.0. The first kappa shape index (κ1) is 26.3. The van der Waals surface area contributed by atoms with E-state index in [1.54, 1.807) is 12.1 Å². The summed E-state index contributed by atoms with van der Waals surface area (Å²) in [6, 6.07) is 6.94. The molecule has 1 aromatic rings. The van der Waals surface area contributed by atoms with Gasteiger partial charge < -0.3 is 10.4 Å². The van der Waals surface area contributed by atoms with Crippen LogP contribution in [0.5, 0.6) is 5.75 Å². The van der Waals surface area contributed by atoms with Gasteiger partial charge in [-0.2, -0.15) is 0 Å². The number of rotatable bonds is 19. The first-order valence-electron chi connectivity index (χ1n) is 12.4. The predicted octanol–water partition coefficient (Wildman–Crippen LogP) is 7.83. The minimum absolute atomic E-state index is 0.0948. The highest BCUT2D eigenvalue weighted by Gasteiger charge is 2.00. The molecule has 0 aliphatic rings. The molecule has 1 amide bonds. The van der Waals surface area contributed by atoms with Gasteiger partial charge in [0.2, 0.25) is 5.91 Å². The van der Waals surface area contributed by atoms with Crippen molar-refractivity contribution in [2.75, 3.05) is 0 Å². The Morgan fingerprint density at radius 1 is 0.767 bits per heavy atom. The van der Waals surface area contributed by atoms with E-state index in [1.807, 2.05) is 12.1 Å². The number of amides is 1. The largest absolute Gasteiger partial charge is 0.508 e. The van der Waals surface area contributed by atoms with Crippen LogP contribution in [0.25, 0.3) is 0 Å². The van der Waals surface area contributed by atoms with Gasteiger partial charge in [0.05, 0.1) is 0 Å². The van der Waals surface area contributed by atoms with Crippen LogP contribution in [0.4, 0.5) is 0 Å². The lowest BCUT2D eigenvalue weighted by Crippen LogP contribution is -2.22. The molecule has 0 atom stereocenters. The summed E-state index contributed by atoms with van der Waals surface area (Å²) < 4.78 is 0. The zero-order valence-electron chi connectivity index (χ0n) is 19.3. The van der Waals surface area contributed by atoms with E-state index in [0.29, 0.717) is 13.0 Å². The summed E-state index contributed by atoms with van der Waals surface area (Å²) in [5, 5.41) is 12.2. The molecule has 3 nitrogen and oxygen atoms in total. The van der Waals surface area contributed by atoms with E-state index < -0.39 is 0 Å². The molecule has 2 N–H and O–H groups in total. The molecule has 0 aliphatic carbocycles. The fourth-order valence-corrected chi connectivity index (χ4v) is 3.62. The van der Waals surface area contributed by atoms with E-state index in [4.69, 9.17) is 0 Å². The number of phenols is 1. The lowest BCUT2D eigenvalue weighted by Gasteiger charge is -2.05. The van der Waals surface area contributed by atoms with Gasteiger partial charge in [0.25, 0.3) is 0 Å². The summed E-state index contributed by atoms with van der Waals surface area (Å²) in [6.45, 7) is 2.80. The van der Waals surface area contributed by atoms with E-state index >= 15 is 0 Å². The van der Waals surface area contributed by atoms with Crippen molar-refractivity contribution >= 4 is 5.91 Å². The highest BCUT2D eigenvalue weighted by Crippen LogP contribution is 2.13. The molecule has 0 aromatic heterocycles. The normalized spacial score (nSPS) is 11.2. The SMILES string of the molecule is CCCCCCCCCCCCCCC=CCCCC(=O)NCc1ccc(O)cc1. The molecule has 0 spiro atoms. The van der Waals surface area contributed by atoms with Crippen molar-refractivity contribution in [2.45, 2.75) is 116 Å². The van der Waals surface area contributed by atoms with E-state index in [2.05, 4.69) is 24.4 Å². The Kier molecular flexibility index (Phi) is 16.8. The van der Waals surface area contributed by atoms with Gasteiger partial charge in [-0.1, -0.05) is 102 Å². The molecular formula is C27H45NO2. The zero-order chi connectivity index (χ0) is 21.7. The molecule has 170 valence electrons. The number of hydrogen-bond donors (Lipinski definition) is 2. The highest BCUT2D eigenvalue weighted by molar-refractivity contribution is 5.75. The molecule has 0 unspecified atom stereocenters. The van der Waals surface area contributed by atoms with Gasteiger partial charge in [0.1, 0.15) is 5.75 Å². The molecule has 0 heterocycles. The molecule has 1 rings (SSSR count). The van der Waals surface area contributed by atoms with Gasteiger partial charge in [0, 0.05) is 13.0 Å². The summed E-state index contributed by atoms with van der Waals surface area (Å²) in [4.78, 5) is 11.9. The van der Waals surface area contributed by atoms with Crippen molar-refractivity contribution < 1.29 is 9.90 Å². The maximum Gasteiger partial charge on any atom is 0.220 e. The maximum atomic E-state index is 11.9. The van der Waals surface area contributed by atoms with E-state index in [1.165, 1.54) is 83.5 Å².